The van der Waals surface area contributed by atoms with Crippen molar-refractivity contribution >= 4 is 13.6 Å². The van der Waals surface area contributed by atoms with Gasteiger partial charge < -0.3 is 18.5 Å². The van der Waals surface area contributed by atoms with Gasteiger partial charge in [-0.25, -0.2) is 4.79 Å². The number of ether oxygens (including phenoxy) is 2. The number of hydrogen-bond donors (Lipinski definition) is 0. The first kappa shape index (κ1) is 19.3. The minimum absolute atomic E-state index is 0.315. The molecule has 0 N–H and O–H groups in total. The number of carbonyl (C=O) groups is 1. The molecule has 0 aliphatic rings. The Labute approximate surface area is 147 Å². The summed E-state index contributed by atoms with van der Waals surface area (Å²) in [6.07, 6.45) is 0. The minimum Gasteiger partial charge on any atom is -0.423 e. The highest BCUT2D eigenvalue weighted by molar-refractivity contribution is 7.54. The fraction of sp³-hybridized carbons (Fsp3) is 0.278. The van der Waals surface area contributed by atoms with E-state index in [-0.39, 0.29) is 0 Å². The van der Waals surface area contributed by atoms with Crippen molar-refractivity contribution in [3.05, 3.63) is 65.7 Å². The van der Waals surface area contributed by atoms with E-state index in [4.69, 9.17) is 18.5 Å². The summed E-state index contributed by atoms with van der Waals surface area (Å²) in [5.74, 6) is -1.08. The summed E-state index contributed by atoms with van der Waals surface area (Å²) in [5, 5.41) is 0. The van der Waals surface area contributed by atoms with E-state index in [0.717, 1.165) is 0 Å². The lowest BCUT2D eigenvalue weighted by molar-refractivity contribution is 0.0732. The van der Waals surface area contributed by atoms with Crippen LogP contribution in [-0.2, 0) is 18.3 Å². The van der Waals surface area contributed by atoms with Gasteiger partial charge in [0.15, 0.2) is 5.85 Å². The van der Waals surface area contributed by atoms with E-state index >= 15 is 0 Å². The molecule has 0 amide bonds. The highest BCUT2D eigenvalue weighted by atomic mass is 31.2. The zero-order valence-electron chi connectivity index (χ0n) is 14.4. The molecular weight excluding hydrogens is 343 g/mol. The van der Waals surface area contributed by atoms with E-state index in [2.05, 4.69) is 0 Å². The van der Waals surface area contributed by atoms with Crippen molar-refractivity contribution in [2.24, 2.45) is 0 Å². The van der Waals surface area contributed by atoms with Crippen molar-refractivity contribution in [3.63, 3.8) is 0 Å². The molecule has 0 spiro atoms. The Morgan fingerprint density at radius 2 is 1.72 bits per heavy atom. The summed E-state index contributed by atoms with van der Waals surface area (Å²) in [4.78, 5) is 12.2. The zero-order valence-corrected chi connectivity index (χ0v) is 15.3. The lowest BCUT2D eigenvalue weighted by atomic mass is 10.2. The van der Waals surface area contributed by atoms with Crippen LogP contribution in [0.25, 0.3) is 0 Å². The fourth-order valence-electron chi connectivity index (χ4n) is 2.27. The summed E-state index contributed by atoms with van der Waals surface area (Å²) in [7, 11) is -0.902. The summed E-state index contributed by atoms with van der Waals surface area (Å²) in [5.41, 5.74) is 0.973. The van der Waals surface area contributed by atoms with Crippen LogP contribution in [0.1, 0.15) is 28.7 Å². The van der Waals surface area contributed by atoms with Crippen LogP contribution < -0.4 is 4.74 Å². The molecule has 6 nitrogen and oxygen atoms in total. The zero-order chi connectivity index (χ0) is 18.3. The molecule has 1 atom stereocenters. The molecule has 2 aromatic carbocycles. The van der Waals surface area contributed by atoms with Crippen LogP contribution in [-0.4, -0.2) is 26.8 Å². The predicted octanol–water partition coefficient (Wildman–Crippen LogP) is 4.43. The Morgan fingerprint density at radius 3 is 2.32 bits per heavy atom. The van der Waals surface area contributed by atoms with Crippen LogP contribution >= 0.6 is 7.60 Å². The van der Waals surface area contributed by atoms with Crippen molar-refractivity contribution in [2.45, 2.75) is 12.8 Å². The van der Waals surface area contributed by atoms with Crippen molar-refractivity contribution in [2.75, 3.05) is 20.8 Å². The van der Waals surface area contributed by atoms with E-state index < -0.39 is 19.4 Å². The third-order valence-corrected chi connectivity index (χ3v) is 5.52. The molecule has 2 aromatic rings. The van der Waals surface area contributed by atoms with Gasteiger partial charge in [-0.1, -0.05) is 30.3 Å². The van der Waals surface area contributed by atoms with Gasteiger partial charge in [-0.2, -0.15) is 0 Å². The number of rotatable bonds is 8. The standard InChI is InChI=1S/C18H21O6P/c1-4-23-18(25(20,21-2)22-3)15-11-8-12-16(13-15)24-17(19)14-9-6-5-7-10-14/h5-13,18H,4H2,1-3H3. The Morgan fingerprint density at radius 1 is 1.04 bits per heavy atom. The van der Waals surface area contributed by atoms with E-state index in [0.29, 0.717) is 23.5 Å². The average molecular weight is 364 g/mol. The normalized spacial score (nSPS) is 12.6. The highest BCUT2D eigenvalue weighted by Gasteiger charge is 2.36. The highest BCUT2D eigenvalue weighted by Crippen LogP contribution is 2.60. The van der Waals surface area contributed by atoms with Crippen molar-refractivity contribution in [3.8, 4) is 5.75 Å². The van der Waals surface area contributed by atoms with Crippen molar-refractivity contribution in [1.82, 2.24) is 0 Å². The first-order chi connectivity index (χ1) is 12.0. The second-order valence-electron chi connectivity index (χ2n) is 5.04. The Kier molecular flexibility index (Phi) is 6.91. The first-order valence-corrected chi connectivity index (χ1v) is 9.35. The molecule has 0 radical (unpaired) electrons. The average Bonchev–Trinajstić information content (AvgIpc) is 2.66. The van der Waals surface area contributed by atoms with E-state index in [1.165, 1.54) is 14.2 Å². The van der Waals surface area contributed by atoms with Crippen LogP contribution in [0.5, 0.6) is 5.75 Å². The molecule has 0 saturated heterocycles. The van der Waals surface area contributed by atoms with Crippen LogP contribution in [0.3, 0.4) is 0 Å². The second kappa shape index (κ2) is 8.92. The molecule has 25 heavy (non-hydrogen) atoms. The molecule has 0 aliphatic carbocycles. The molecular formula is C18H21O6P. The maximum Gasteiger partial charge on any atom is 0.363 e. The number of benzene rings is 2. The van der Waals surface area contributed by atoms with E-state index in [1.54, 1.807) is 55.5 Å². The van der Waals surface area contributed by atoms with Gasteiger partial charge in [0, 0.05) is 20.8 Å². The van der Waals surface area contributed by atoms with E-state index in [9.17, 15) is 9.36 Å². The predicted molar refractivity (Wildman–Crippen MR) is 93.8 cm³/mol. The van der Waals surface area contributed by atoms with Crippen LogP contribution in [0.15, 0.2) is 54.6 Å². The lowest BCUT2D eigenvalue weighted by Gasteiger charge is -2.24. The number of hydrogen-bond acceptors (Lipinski definition) is 6. The molecule has 7 heteroatoms. The summed E-state index contributed by atoms with van der Waals surface area (Å²) in [6.45, 7) is 2.09. The molecule has 0 fully saturated rings. The second-order valence-corrected chi connectivity index (χ2v) is 7.32. The number of esters is 1. The van der Waals surface area contributed by atoms with Crippen molar-refractivity contribution < 1.29 is 27.9 Å². The van der Waals surface area contributed by atoms with Crippen LogP contribution in [0.2, 0.25) is 0 Å². The molecule has 1 unspecified atom stereocenters. The third-order valence-electron chi connectivity index (χ3n) is 3.48. The van der Waals surface area contributed by atoms with Crippen LogP contribution in [0.4, 0.5) is 0 Å². The molecule has 134 valence electrons. The smallest absolute Gasteiger partial charge is 0.363 e. The molecule has 0 aliphatic heterocycles. The Hall–Kier alpha value is -1.98. The summed E-state index contributed by atoms with van der Waals surface area (Å²) in [6, 6.07) is 15.3. The van der Waals surface area contributed by atoms with E-state index in [1.807, 2.05) is 6.07 Å². The van der Waals surface area contributed by atoms with Gasteiger partial charge in [0.25, 0.3) is 0 Å². The monoisotopic (exact) mass is 364 g/mol. The maximum absolute atomic E-state index is 12.7. The first-order valence-electron chi connectivity index (χ1n) is 7.74. The number of carbonyl (C=O) groups excluding carboxylic acids is 1. The van der Waals surface area contributed by atoms with Gasteiger partial charge in [0.1, 0.15) is 5.75 Å². The largest absolute Gasteiger partial charge is 0.423 e. The van der Waals surface area contributed by atoms with Gasteiger partial charge in [0.2, 0.25) is 0 Å². The fourth-order valence-corrected chi connectivity index (χ4v) is 3.66. The molecule has 0 bridgehead atoms. The SMILES string of the molecule is CCOC(c1cccc(OC(=O)c2ccccc2)c1)P(=O)(OC)OC. The minimum atomic E-state index is -3.50. The van der Waals surface area contributed by atoms with Gasteiger partial charge in [-0.15, -0.1) is 0 Å². The lowest BCUT2D eigenvalue weighted by Crippen LogP contribution is -2.10. The Balaban J connectivity index is 2.27. The maximum atomic E-state index is 12.7. The summed E-state index contributed by atoms with van der Waals surface area (Å²) < 4.78 is 33.8. The molecule has 0 aromatic heterocycles. The third kappa shape index (κ3) is 4.77. The molecule has 2 rings (SSSR count). The quantitative estimate of drug-likeness (QED) is 0.392. The van der Waals surface area contributed by atoms with Crippen molar-refractivity contribution in [1.29, 1.82) is 0 Å². The van der Waals surface area contributed by atoms with Gasteiger partial charge >= 0.3 is 13.6 Å². The topological polar surface area (TPSA) is 71.1 Å². The van der Waals surface area contributed by atoms with Gasteiger partial charge in [0.05, 0.1) is 5.56 Å². The Bertz CT molecular complexity index is 738. The molecule has 0 heterocycles. The van der Waals surface area contributed by atoms with Crippen LogP contribution in [0, 0.1) is 0 Å². The molecule has 0 saturated carbocycles. The van der Waals surface area contributed by atoms with Gasteiger partial charge in [-0.3, -0.25) is 4.57 Å². The summed E-state index contributed by atoms with van der Waals surface area (Å²) >= 11 is 0. The van der Waals surface area contributed by atoms with Gasteiger partial charge in [-0.05, 0) is 36.8 Å².